The highest BCUT2D eigenvalue weighted by molar-refractivity contribution is 6.01. The minimum absolute atomic E-state index is 0.0741. The molecule has 0 unspecified atom stereocenters. The Morgan fingerprint density at radius 2 is 2.11 bits per heavy atom. The summed E-state index contributed by atoms with van der Waals surface area (Å²) in [5, 5.41) is 12.2. The van der Waals surface area contributed by atoms with Crippen molar-refractivity contribution in [2.75, 3.05) is 11.4 Å². The third-order valence-electron chi connectivity index (χ3n) is 3.60. The van der Waals surface area contributed by atoms with E-state index in [9.17, 15) is 0 Å². The van der Waals surface area contributed by atoms with Gasteiger partial charge in [-0.25, -0.2) is 0 Å². The molecule has 5 nitrogen and oxygen atoms in total. The minimum atomic E-state index is 0.0741. The number of anilines is 2. The lowest BCUT2D eigenvalue weighted by molar-refractivity contribution is 0.743. The maximum absolute atomic E-state index is 7.78. The van der Waals surface area contributed by atoms with Crippen LogP contribution in [0.3, 0.4) is 0 Å². The number of hydrogen-bond acceptors (Lipinski definition) is 3. The van der Waals surface area contributed by atoms with E-state index >= 15 is 0 Å². The van der Waals surface area contributed by atoms with E-state index in [2.05, 4.69) is 28.2 Å². The van der Waals surface area contributed by atoms with Crippen LogP contribution in [0.2, 0.25) is 0 Å². The number of nitrogen functional groups attached to an aromatic ring is 1. The summed E-state index contributed by atoms with van der Waals surface area (Å²) in [4.78, 5) is 2.20. The van der Waals surface area contributed by atoms with Gasteiger partial charge in [0, 0.05) is 19.3 Å². The van der Waals surface area contributed by atoms with Gasteiger partial charge in [-0.2, -0.15) is 5.10 Å². The van der Waals surface area contributed by atoms with E-state index in [1.54, 1.807) is 0 Å². The van der Waals surface area contributed by atoms with Crippen molar-refractivity contribution >= 4 is 17.3 Å². The molecule has 0 radical (unpaired) electrons. The second kappa shape index (κ2) is 4.12. The van der Waals surface area contributed by atoms with Crippen molar-refractivity contribution in [3.05, 3.63) is 41.1 Å². The number of para-hydroxylation sites is 1. The molecule has 1 aromatic heterocycles. The van der Waals surface area contributed by atoms with Gasteiger partial charge in [-0.3, -0.25) is 10.1 Å². The number of benzene rings is 1. The lowest BCUT2D eigenvalue weighted by Crippen LogP contribution is -2.22. The quantitative estimate of drug-likeness (QED) is 0.634. The lowest BCUT2D eigenvalue weighted by Gasteiger charge is -2.21. The normalized spacial score (nSPS) is 13.7. The van der Waals surface area contributed by atoms with Crippen molar-refractivity contribution < 1.29 is 0 Å². The number of nitrogens with one attached hydrogen (secondary N) is 1. The summed E-state index contributed by atoms with van der Waals surface area (Å²) in [6.45, 7) is 2.79. The Morgan fingerprint density at radius 3 is 2.84 bits per heavy atom. The summed E-state index contributed by atoms with van der Waals surface area (Å²) in [6.07, 6.45) is 1.01. The molecule has 0 aliphatic carbocycles. The van der Waals surface area contributed by atoms with Gasteiger partial charge in [-0.15, -0.1) is 0 Å². The molecule has 5 heteroatoms. The Hall–Kier alpha value is -2.30. The number of nitrogens with zero attached hydrogens (tertiary/aromatic N) is 3. The zero-order valence-electron chi connectivity index (χ0n) is 11.1. The van der Waals surface area contributed by atoms with Gasteiger partial charge in [0.15, 0.2) is 0 Å². The van der Waals surface area contributed by atoms with Gasteiger partial charge >= 0.3 is 0 Å². The van der Waals surface area contributed by atoms with E-state index in [0.29, 0.717) is 0 Å². The summed E-state index contributed by atoms with van der Waals surface area (Å²) in [6, 6.07) is 8.34. The van der Waals surface area contributed by atoms with Crippen LogP contribution in [0.1, 0.15) is 16.8 Å². The molecule has 1 aliphatic heterocycles. The molecule has 2 heterocycles. The Balaban J connectivity index is 2.17. The number of fused-ring (bicyclic) bond motifs is 1. The van der Waals surface area contributed by atoms with Gasteiger partial charge in [0.1, 0.15) is 11.7 Å². The predicted molar refractivity (Wildman–Crippen MR) is 76.1 cm³/mol. The SMILES string of the molecule is Cc1nn(C)c(N2CCc3ccccc32)c1C(=N)N. The van der Waals surface area contributed by atoms with Crippen LogP contribution in [0.5, 0.6) is 0 Å². The molecule has 0 atom stereocenters. The fraction of sp³-hybridized carbons (Fsp3) is 0.286. The van der Waals surface area contributed by atoms with Crippen LogP contribution in [0.15, 0.2) is 24.3 Å². The number of nitrogens with two attached hydrogens (primary N) is 1. The van der Waals surface area contributed by atoms with Crippen LogP contribution < -0.4 is 10.6 Å². The largest absolute Gasteiger partial charge is 0.384 e. The number of amidine groups is 1. The Kier molecular flexibility index (Phi) is 2.55. The van der Waals surface area contributed by atoms with Crippen molar-refractivity contribution in [2.45, 2.75) is 13.3 Å². The van der Waals surface area contributed by atoms with Crippen molar-refractivity contribution in [1.29, 1.82) is 5.41 Å². The first-order valence-electron chi connectivity index (χ1n) is 6.33. The molecule has 0 amide bonds. The third kappa shape index (κ3) is 1.69. The first-order chi connectivity index (χ1) is 9.09. The Morgan fingerprint density at radius 1 is 1.37 bits per heavy atom. The number of hydrogen-bond donors (Lipinski definition) is 2. The highest BCUT2D eigenvalue weighted by Crippen LogP contribution is 2.36. The molecule has 1 aromatic carbocycles. The molecule has 19 heavy (non-hydrogen) atoms. The third-order valence-corrected chi connectivity index (χ3v) is 3.60. The number of rotatable bonds is 2. The van der Waals surface area contributed by atoms with Crippen LogP contribution in [0, 0.1) is 12.3 Å². The summed E-state index contributed by atoms with van der Waals surface area (Å²) in [5.41, 5.74) is 9.77. The maximum Gasteiger partial charge on any atom is 0.142 e. The second-order valence-corrected chi connectivity index (χ2v) is 4.85. The van der Waals surface area contributed by atoms with Gasteiger partial charge in [0.25, 0.3) is 0 Å². The predicted octanol–water partition coefficient (Wildman–Crippen LogP) is 1.71. The molecule has 2 aromatic rings. The average Bonchev–Trinajstić information content (AvgIpc) is 2.89. The van der Waals surface area contributed by atoms with E-state index in [4.69, 9.17) is 11.1 Å². The lowest BCUT2D eigenvalue weighted by atomic mass is 10.1. The second-order valence-electron chi connectivity index (χ2n) is 4.85. The van der Waals surface area contributed by atoms with E-state index in [-0.39, 0.29) is 5.84 Å². The molecule has 98 valence electrons. The molecule has 0 spiro atoms. The minimum Gasteiger partial charge on any atom is -0.384 e. The summed E-state index contributed by atoms with van der Waals surface area (Å²) in [5.74, 6) is 0.986. The first kappa shape index (κ1) is 11.8. The van der Waals surface area contributed by atoms with E-state index in [0.717, 1.165) is 30.0 Å². The molecule has 1 aliphatic rings. The molecule has 0 fully saturated rings. The summed E-state index contributed by atoms with van der Waals surface area (Å²) < 4.78 is 1.81. The first-order valence-corrected chi connectivity index (χ1v) is 6.33. The Labute approximate surface area is 112 Å². The topological polar surface area (TPSA) is 70.9 Å². The van der Waals surface area contributed by atoms with Gasteiger partial charge in [0.05, 0.1) is 11.3 Å². The van der Waals surface area contributed by atoms with Crippen LogP contribution >= 0.6 is 0 Å². The molecule has 0 saturated heterocycles. The summed E-state index contributed by atoms with van der Waals surface area (Å²) >= 11 is 0. The molecular weight excluding hydrogens is 238 g/mol. The molecule has 0 bridgehead atoms. The highest BCUT2D eigenvalue weighted by Gasteiger charge is 2.27. The standard InChI is InChI=1S/C14H17N5/c1-9-12(13(15)16)14(18(2)17-9)19-8-7-10-5-3-4-6-11(10)19/h3-6H,7-8H2,1-2H3,(H3,15,16). The van der Waals surface area contributed by atoms with E-state index in [1.165, 1.54) is 11.3 Å². The van der Waals surface area contributed by atoms with Crippen LogP contribution in [-0.4, -0.2) is 22.2 Å². The van der Waals surface area contributed by atoms with Crippen molar-refractivity contribution in [2.24, 2.45) is 12.8 Å². The highest BCUT2D eigenvalue weighted by atomic mass is 15.4. The van der Waals surface area contributed by atoms with Crippen LogP contribution in [-0.2, 0) is 13.5 Å². The van der Waals surface area contributed by atoms with Crippen molar-refractivity contribution in [3.8, 4) is 0 Å². The smallest absolute Gasteiger partial charge is 0.142 e. The number of aryl methyl sites for hydroxylation is 2. The van der Waals surface area contributed by atoms with E-state index < -0.39 is 0 Å². The van der Waals surface area contributed by atoms with Gasteiger partial charge in [-0.05, 0) is 25.0 Å². The van der Waals surface area contributed by atoms with Crippen LogP contribution in [0.4, 0.5) is 11.5 Å². The fourth-order valence-electron chi connectivity index (χ4n) is 2.83. The zero-order chi connectivity index (χ0) is 13.6. The molecule has 3 N–H and O–H groups in total. The Bertz CT molecular complexity index is 656. The monoisotopic (exact) mass is 255 g/mol. The maximum atomic E-state index is 7.78. The fourth-order valence-corrected chi connectivity index (χ4v) is 2.83. The van der Waals surface area contributed by atoms with Crippen molar-refractivity contribution in [3.63, 3.8) is 0 Å². The summed E-state index contributed by atoms with van der Waals surface area (Å²) in [7, 11) is 1.90. The molecule has 3 rings (SSSR count). The molecular formula is C14H17N5. The van der Waals surface area contributed by atoms with Gasteiger partial charge < -0.3 is 10.6 Å². The van der Waals surface area contributed by atoms with Gasteiger partial charge in [-0.1, -0.05) is 18.2 Å². The van der Waals surface area contributed by atoms with Crippen LogP contribution in [0.25, 0.3) is 0 Å². The average molecular weight is 255 g/mol. The van der Waals surface area contributed by atoms with Gasteiger partial charge in [0.2, 0.25) is 0 Å². The molecule has 0 saturated carbocycles. The van der Waals surface area contributed by atoms with Crippen molar-refractivity contribution in [1.82, 2.24) is 9.78 Å². The van der Waals surface area contributed by atoms with E-state index in [1.807, 2.05) is 24.7 Å². The zero-order valence-corrected chi connectivity index (χ0v) is 11.1. The number of aromatic nitrogens is 2.